The minimum absolute atomic E-state index is 0.0231. The van der Waals surface area contributed by atoms with Crippen molar-refractivity contribution in [3.63, 3.8) is 0 Å². The van der Waals surface area contributed by atoms with E-state index < -0.39 is 17.6 Å². The van der Waals surface area contributed by atoms with Crippen LogP contribution < -0.4 is 10.1 Å². The van der Waals surface area contributed by atoms with E-state index in [1.165, 1.54) is 35.4 Å². The first-order chi connectivity index (χ1) is 34.4. The fourth-order valence-electron chi connectivity index (χ4n) is 8.90. The van der Waals surface area contributed by atoms with E-state index in [4.69, 9.17) is 30.1 Å². The molecule has 3 aliphatic heterocycles. The summed E-state index contributed by atoms with van der Waals surface area (Å²) in [4.78, 5) is 63.8. The van der Waals surface area contributed by atoms with Crippen LogP contribution in [0.2, 0.25) is 0 Å². The largest absolute Gasteiger partial charge is 0.494 e. The number of piperazine rings is 2. The van der Waals surface area contributed by atoms with Gasteiger partial charge in [-0.2, -0.15) is 9.94 Å². The fraction of sp³-hybridized carbons (Fsp3) is 0.540. The van der Waals surface area contributed by atoms with Crippen LogP contribution in [0.4, 0.5) is 0 Å². The SMILES string of the molecule is C#CCOCCOCCOCCOCCN1CCN(CCCN2CCN(CCNC(=O)c3ncn(-c4ncc(OC)c5c(C(=O)C(=O)N6CCC(=C(C#N)c7ccccc7)CC6)c[nH]c45)n3)CC2)CC1. The quantitative estimate of drug-likeness (QED) is 0.0303. The number of terminal acetylenes is 1. The number of hydrogen-bond donors (Lipinski definition) is 2. The van der Waals surface area contributed by atoms with Gasteiger partial charge in [-0.15, -0.1) is 11.5 Å². The summed E-state index contributed by atoms with van der Waals surface area (Å²) < 4.78 is 28.8. The van der Waals surface area contributed by atoms with Gasteiger partial charge in [0.2, 0.25) is 5.82 Å². The molecule has 6 heterocycles. The standard InChI is InChI=1S/C50H66N12O8/c1-3-27-67-29-31-69-33-34-70-32-30-68-28-26-60-24-20-58(21-25-60)14-7-13-57-18-22-59(23-19-57)17-12-52-49(64)47-55-38-62(56-47)48-45-44(43(66-2)37-54-48)42(36-53-45)46(63)50(65)61-15-10-40(11-16-61)41(35-51)39-8-5-4-6-9-39/h1,4-6,8-9,36-38,53H,7,10-34H2,2H3,(H,52,64). The van der Waals surface area contributed by atoms with Gasteiger partial charge in [0.25, 0.3) is 17.6 Å². The second-order valence-electron chi connectivity index (χ2n) is 17.3. The van der Waals surface area contributed by atoms with Crippen molar-refractivity contribution in [2.45, 2.75) is 19.3 Å². The van der Waals surface area contributed by atoms with Gasteiger partial charge < -0.3 is 48.7 Å². The number of carbonyl (C=O) groups is 3. The average Bonchev–Trinajstić information content (AvgIpc) is 4.08. The van der Waals surface area contributed by atoms with Crippen molar-refractivity contribution in [2.24, 2.45) is 0 Å². The number of benzene rings is 1. The summed E-state index contributed by atoms with van der Waals surface area (Å²) in [6.45, 7) is 17.3. The highest BCUT2D eigenvalue weighted by molar-refractivity contribution is 6.45. The Morgan fingerprint density at radius 2 is 1.37 bits per heavy atom. The zero-order valence-electron chi connectivity index (χ0n) is 40.3. The van der Waals surface area contributed by atoms with Crippen LogP contribution in [0.25, 0.3) is 22.3 Å². The van der Waals surface area contributed by atoms with Gasteiger partial charge >= 0.3 is 0 Å². The molecule has 70 heavy (non-hydrogen) atoms. The number of nitriles is 1. The number of H-pyrrole nitrogens is 1. The third-order valence-corrected chi connectivity index (χ3v) is 12.9. The zero-order valence-corrected chi connectivity index (χ0v) is 40.3. The smallest absolute Gasteiger partial charge is 0.295 e. The van der Waals surface area contributed by atoms with Crippen LogP contribution in [0.3, 0.4) is 0 Å². The third-order valence-electron chi connectivity index (χ3n) is 12.9. The lowest BCUT2D eigenvalue weighted by Crippen LogP contribution is -2.50. The van der Waals surface area contributed by atoms with Crippen molar-refractivity contribution in [1.82, 2.24) is 54.5 Å². The Kier molecular flexibility index (Phi) is 20.2. The molecular weight excluding hydrogens is 897 g/mol. The number of methoxy groups -OCH3 is 1. The number of aromatic amines is 1. The average molecular weight is 963 g/mol. The van der Waals surface area contributed by atoms with Crippen LogP contribution in [-0.2, 0) is 23.7 Å². The number of aromatic nitrogens is 5. The summed E-state index contributed by atoms with van der Waals surface area (Å²) in [5, 5.41) is 17.6. The van der Waals surface area contributed by atoms with Crippen LogP contribution in [0.15, 0.2) is 54.6 Å². The number of piperidine rings is 1. The van der Waals surface area contributed by atoms with E-state index in [-0.39, 0.29) is 17.2 Å². The number of nitrogens with zero attached hydrogens (tertiary/aromatic N) is 10. The van der Waals surface area contributed by atoms with Gasteiger partial charge in [0.1, 0.15) is 18.7 Å². The van der Waals surface area contributed by atoms with E-state index in [0.29, 0.717) is 114 Å². The number of likely N-dealkylation sites (tertiary alicyclic amines) is 1. The summed E-state index contributed by atoms with van der Waals surface area (Å²) in [6, 6.07) is 11.8. The number of Topliss-reactive ketones (excluding diaryl/α,β-unsaturated/α-hetero) is 1. The van der Waals surface area contributed by atoms with E-state index in [2.05, 4.69) is 57.0 Å². The van der Waals surface area contributed by atoms with Gasteiger partial charge in [-0.1, -0.05) is 36.3 Å². The van der Waals surface area contributed by atoms with E-state index in [9.17, 15) is 19.6 Å². The van der Waals surface area contributed by atoms with Crippen molar-refractivity contribution in [3.05, 3.63) is 71.6 Å². The number of carbonyl (C=O) groups excluding carboxylic acids is 3. The first-order valence-corrected chi connectivity index (χ1v) is 24.3. The first-order valence-electron chi connectivity index (χ1n) is 24.3. The lowest BCUT2D eigenvalue weighted by molar-refractivity contribution is -0.126. The lowest BCUT2D eigenvalue weighted by Gasteiger charge is -2.36. The number of fused-ring (bicyclic) bond motifs is 1. The maximum Gasteiger partial charge on any atom is 0.295 e. The Morgan fingerprint density at radius 3 is 1.99 bits per heavy atom. The van der Waals surface area contributed by atoms with E-state index in [0.717, 1.165) is 89.5 Å². The highest BCUT2D eigenvalue weighted by Crippen LogP contribution is 2.33. The van der Waals surface area contributed by atoms with Crippen LogP contribution in [0.5, 0.6) is 5.75 Å². The number of pyridine rings is 1. The van der Waals surface area contributed by atoms with Crippen LogP contribution in [-0.4, -0.2) is 225 Å². The summed E-state index contributed by atoms with van der Waals surface area (Å²) in [7, 11) is 1.46. The molecule has 374 valence electrons. The maximum atomic E-state index is 13.8. The highest BCUT2D eigenvalue weighted by atomic mass is 16.6. The molecule has 20 heteroatoms. The molecule has 2 N–H and O–H groups in total. The van der Waals surface area contributed by atoms with Gasteiger partial charge in [-0.25, -0.2) is 9.97 Å². The number of nitrogens with one attached hydrogen (secondary N) is 2. The summed E-state index contributed by atoms with van der Waals surface area (Å²) in [6.07, 6.45) is 11.6. The zero-order chi connectivity index (χ0) is 48.9. The summed E-state index contributed by atoms with van der Waals surface area (Å²) in [5.74, 6) is 1.22. The molecule has 3 saturated heterocycles. The molecule has 1 aromatic carbocycles. The van der Waals surface area contributed by atoms with Gasteiger partial charge in [0.15, 0.2) is 5.82 Å². The molecule has 3 fully saturated rings. The molecule has 3 aliphatic rings. The fourth-order valence-corrected chi connectivity index (χ4v) is 8.90. The molecule has 0 atom stereocenters. The molecule has 4 aromatic rings. The molecule has 0 aliphatic carbocycles. The Bertz CT molecular complexity index is 2420. The van der Waals surface area contributed by atoms with Crippen molar-refractivity contribution in [3.8, 4) is 30.0 Å². The highest BCUT2D eigenvalue weighted by Gasteiger charge is 2.31. The molecule has 7 rings (SSSR count). The summed E-state index contributed by atoms with van der Waals surface area (Å²) in [5.41, 5.74) is 2.94. The van der Waals surface area contributed by atoms with E-state index in [1.807, 2.05) is 30.3 Å². The van der Waals surface area contributed by atoms with Crippen LogP contribution in [0.1, 0.15) is 45.8 Å². The molecular formula is C50H66N12O8. The molecule has 0 radical (unpaired) electrons. The van der Waals surface area contributed by atoms with Crippen molar-refractivity contribution in [2.75, 3.05) is 158 Å². The minimum atomic E-state index is -0.699. The number of amides is 2. The molecule has 0 spiro atoms. The third kappa shape index (κ3) is 14.5. The van der Waals surface area contributed by atoms with Crippen LogP contribution >= 0.6 is 0 Å². The topological polar surface area (TPSA) is 209 Å². The Labute approximate surface area is 409 Å². The van der Waals surface area contributed by atoms with E-state index >= 15 is 0 Å². The molecule has 0 bridgehead atoms. The number of ketones is 1. The Hall–Kier alpha value is -6.07. The molecule has 2 amide bonds. The predicted octanol–water partition coefficient (Wildman–Crippen LogP) is 1.99. The minimum Gasteiger partial charge on any atom is -0.494 e. The van der Waals surface area contributed by atoms with E-state index in [1.54, 1.807) is 0 Å². The maximum absolute atomic E-state index is 13.8. The number of hydrogen-bond acceptors (Lipinski definition) is 16. The second-order valence-corrected chi connectivity index (χ2v) is 17.3. The van der Waals surface area contributed by atoms with Gasteiger partial charge in [0.05, 0.1) is 87.7 Å². The Balaban J connectivity index is 0.768. The number of rotatable bonds is 26. The van der Waals surface area contributed by atoms with Gasteiger partial charge in [0, 0.05) is 91.3 Å². The van der Waals surface area contributed by atoms with Gasteiger partial charge in [-0.3, -0.25) is 24.2 Å². The van der Waals surface area contributed by atoms with Gasteiger partial charge in [-0.05, 0) is 43.5 Å². The first kappa shape index (κ1) is 51.8. The van der Waals surface area contributed by atoms with Crippen LogP contribution in [0, 0.1) is 23.7 Å². The molecule has 0 unspecified atom stereocenters. The number of ether oxygens (including phenoxy) is 5. The van der Waals surface area contributed by atoms with Crippen molar-refractivity contribution >= 4 is 34.1 Å². The summed E-state index contributed by atoms with van der Waals surface area (Å²) >= 11 is 0. The Morgan fingerprint density at radius 1 is 0.771 bits per heavy atom. The normalized spacial score (nSPS) is 16.3. The molecule has 3 aromatic heterocycles. The van der Waals surface area contributed by atoms with Crippen molar-refractivity contribution < 1.29 is 38.1 Å². The molecule has 0 saturated carbocycles. The van der Waals surface area contributed by atoms with Crippen molar-refractivity contribution in [1.29, 1.82) is 5.26 Å². The lowest BCUT2D eigenvalue weighted by atomic mass is 9.93. The number of allylic oxidation sites excluding steroid dienone is 1. The molecule has 20 nitrogen and oxygen atoms in total. The second kappa shape index (κ2) is 27.4. The monoisotopic (exact) mass is 963 g/mol. The predicted molar refractivity (Wildman–Crippen MR) is 262 cm³/mol.